The van der Waals surface area contributed by atoms with E-state index >= 15 is 0 Å². The van der Waals surface area contributed by atoms with E-state index < -0.39 is 0 Å². The van der Waals surface area contributed by atoms with Gasteiger partial charge in [0.15, 0.2) is 0 Å². The summed E-state index contributed by atoms with van der Waals surface area (Å²) < 4.78 is 12.2. The van der Waals surface area contributed by atoms with Crippen LogP contribution in [0.2, 0.25) is 0 Å². The van der Waals surface area contributed by atoms with Crippen LogP contribution in [-0.2, 0) is 16.6 Å². The van der Waals surface area contributed by atoms with Crippen LogP contribution in [0.15, 0.2) is 42.7 Å². The van der Waals surface area contributed by atoms with E-state index in [1.165, 1.54) is 0 Å². The second-order valence-electron chi connectivity index (χ2n) is 7.85. The molecule has 1 amide bonds. The number of amides is 1. The molecule has 0 radical (unpaired) electrons. The number of carbonyl (C=O) groups excluding carboxylic acids is 1. The molecule has 8 nitrogen and oxygen atoms in total. The molecule has 0 saturated carbocycles. The first-order valence-corrected chi connectivity index (χ1v) is 9.70. The van der Waals surface area contributed by atoms with Gasteiger partial charge in [0.05, 0.1) is 19.9 Å². The summed E-state index contributed by atoms with van der Waals surface area (Å²) in [6.07, 6.45) is 4.06. The Labute approximate surface area is 176 Å². The summed E-state index contributed by atoms with van der Waals surface area (Å²) in [5, 5.41) is 7.56. The molecule has 0 aliphatic carbocycles. The zero-order valence-corrected chi connectivity index (χ0v) is 18.0. The molecule has 3 aromatic rings. The van der Waals surface area contributed by atoms with Gasteiger partial charge in [-0.25, -0.2) is 9.97 Å². The topological polar surface area (TPSA) is 91.2 Å². The van der Waals surface area contributed by atoms with Crippen LogP contribution in [0.5, 0.6) is 11.5 Å². The summed E-state index contributed by atoms with van der Waals surface area (Å²) in [5.74, 6) is 2.24. The second-order valence-corrected chi connectivity index (χ2v) is 7.85. The number of aryl methyl sites for hydroxylation is 1. The molecule has 3 rings (SSSR count). The van der Waals surface area contributed by atoms with E-state index in [2.05, 4.69) is 41.2 Å². The van der Waals surface area contributed by atoms with Crippen molar-refractivity contribution in [1.82, 2.24) is 19.7 Å². The molecule has 0 fully saturated rings. The van der Waals surface area contributed by atoms with E-state index in [9.17, 15) is 4.79 Å². The summed E-state index contributed by atoms with van der Waals surface area (Å²) in [6, 6.07) is 9.14. The monoisotopic (exact) mass is 409 g/mol. The molecule has 1 aromatic carbocycles. The Hall–Kier alpha value is -3.42. The summed E-state index contributed by atoms with van der Waals surface area (Å²) in [6.45, 7) is 6.19. The maximum Gasteiger partial charge on any atom is 0.252 e. The minimum Gasteiger partial charge on any atom is -0.497 e. The van der Waals surface area contributed by atoms with Crippen molar-refractivity contribution < 1.29 is 14.3 Å². The molecule has 0 aliphatic heterocycles. The highest BCUT2D eigenvalue weighted by Crippen LogP contribution is 2.27. The molecule has 30 heavy (non-hydrogen) atoms. The Balaban J connectivity index is 1.79. The molecule has 0 unspecified atom stereocenters. The number of rotatable bonds is 7. The zero-order chi connectivity index (χ0) is 21.7. The van der Waals surface area contributed by atoms with Crippen molar-refractivity contribution in [3.63, 3.8) is 0 Å². The van der Waals surface area contributed by atoms with Gasteiger partial charge in [-0.3, -0.25) is 4.79 Å². The Bertz CT molecular complexity index is 1010. The van der Waals surface area contributed by atoms with Gasteiger partial charge in [-0.15, -0.1) is 0 Å². The smallest absolute Gasteiger partial charge is 0.252 e. The van der Waals surface area contributed by atoms with Crippen molar-refractivity contribution in [2.45, 2.75) is 39.0 Å². The molecule has 8 heteroatoms. The first kappa shape index (κ1) is 21.3. The van der Waals surface area contributed by atoms with Gasteiger partial charge in [0.1, 0.15) is 17.3 Å². The van der Waals surface area contributed by atoms with E-state index in [-0.39, 0.29) is 17.7 Å². The number of methoxy groups -OCH3 is 2. The molecular weight excluding hydrogens is 382 g/mol. The molecule has 0 bridgehead atoms. The van der Waals surface area contributed by atoms with Gasteiger partial charge in [-0.1, -0.05) is 20.8 Å². The fourth-order valence-corrected chi connectivity index (χ4v) is 2.92. The van der Waals surface area contributed by atoms with Crippen LogP contribution in [0.25, 0.3) is 5.95 Å². The van der Waals surface area contributed by atoms with E-state index in [4.69, 9.17) is 9.47 Å². The molecule has 0 spiro atoms. The van der Waals surface area contributed by atoms with Crippen LogP contribution in [0, 0.1) is 0 Å². The van der Waals surface area contributed by atoms with Gasteiger partial charge in [0, 0.05) is 30.3 Å². The number of aromatic nitrogens is 4. The number of anilines is 1. The lowest BCUT2D eigenvalue weighted by Crippen LogP contribution is -2.16. The highest BCUT2D eigenvalue weighted by atomic mass is 16.5. The van der Waals surface area contributed by atoms with Crippen LogP contribution in [-0.4, -0.2) is 39.9 Å². The Morgan fingerprint density at radius 1 is 1.10 bits per heavy atom. The van der Waals surface area contributed by atoms with Gasteiger partial charge in [-0.05, 0) is 36.2 Å². The van der Waals surface area contributed by atoms with Gasteiger partial charge in [0.2, 0.25) is 5.91 Å². The lowest BCUT2D eigenvalue weighted by molar-refractivity contribution is -0.116. The molecule has 0 saturated heterocycles. The van der Waals surface area contributed by atoms with E-state index in [1.54, 1.807) is 37.4 Å². The summed E-state index contributed by atoms with van der Waals surface area (Å²) in [4.78, 5) is 21.2. The second kappa shape index (κ2) is 8.94. The average molecular weight is 409 g/mol. The van der Waals surface area contributed by atoms with Crippen molar-refractivity contribution in [2.24, 2.45) is 0 Å². The maximum atomic E-state index is 12.7. The third-order valence-corrected chi connectivity index (χ3v) is 4.60. The largest absolute Gasteiger partial charge is 0.497 e. The van der Waals surface area contributed by atoms with Crippen LogP contribution in [0.1, 0.15) is 38.4 Å². The number of nitrogens with one attached hydrogen (secondary N) is 1. The normalized spacial score (nSPS) is 11.2. The zero-order valence-electron chi connectivity index (χ0n) is 18.0. The molecule has 2 aromatic heterocycles. The molecule has 0 aliphatic rings. The van der Waals surface area contributed by atoms with Crippen molar-refractivity contribution in [3.8, 4) is 17.4 Å². The van der Waals surface area contributed by atoms with Crippen molar-refractivity contribution in [2.75, 3.05) is 19.5 Å². The van der Waals surface area contributed by atoms with Crippen molar-refractivity contribution in [1.29, 1.82) is 0 Å². The summed E-state index contributed by atoms with van der Waals surface area (Å²) in [5.41, 5.74) is 1.55. The van der Waals surface area contributed by atoms with Crippen molar-refractivity contribution in [3.05, 3.63) is 54.0 Å². The molecule has 2 heterocycles. The standard InChI is InChI=1S/C22H27N5O3/c1-22(2,3)18-14-19(27(26-18)21-23-11-6-12-24-21)25-20(28)10-7-15-13-16(29-4)8-9-17(15)30-5/h6,8-9,11-14H,7,10H2,1-5H3,(H,25,28). The number of benzene rings is 1. The predicted molar refractivity (Wildman–Crippen MR) is 114 cm³/mol. The Kier molecular flexibility index (Phi) is 6.34. The quantitative estimate of drug-likeness (QED) is 0.642. The van der Waals surface area contributed by atoms with E-state index in [0.717, 1.165) is 22.8 Å². The van der Waals surface area contributed by atoms with Crippen molar-refractivity contribution >= 4 is 11.7 Å². The molecular formula is C22H27N5O3. The number of hydrogen-bond donors (Lipinski definition) is 1. The van der Waals surface area contributed by atoms with E-state index in [1.807, 2.05) is 24.3 Å². The van der Waals surface area contributed by atoms with Gasteiger partial charge in [0.25, 0.3) is 5.95 Å². The minimum absolute atomic E-state index is 0.141. The number of ether oxygens (including phenoxy) is 2. The average Bonchev–Trinajstić information content (AvgIpc) is 3.17. The molecule has 1 N–H and O–H groups in total. The Morgan fingerprint density at radius 3 is 2.47 bits per heavy atom. The van der Waals surface area contributed by atoms with Crippen LogP contribution in [0.3, 0.4) is 0 Å². The third-order valence-electron chi connectivity index (χ3n) is 4.60. The molecule has 158 valence electrons. The SMILES string of the molecule is COc1ccc(OC)c(CCC(=O)Nc2cc(C(C)(C)C)nn2-c2ncccn2)c1. The first-order chi connectivity index (χ1) is 14.3. The fraction of sp³-hybridized carbons (Fsp3) is 0.364. The third kappa shape index (κ3) is 4.94. The van der Waals surface area contributed by atoms with Crippen LogP contribution in [0.4, 0.5) is 5.82 Å². The van der Waals surface area contributed by atoms with Gasteiger partial charge < -0.3 is 14.8 Å². The number of nitrogens with zero attached hydrogens (tertiary/aromatic N) is 4. The summed E-state index contributed by atoms with van der Waals surface area (Å²) in [7, 11) is 3.22. The highest BCUT2D eigenvalue weighted by Gasteiger charge is 2.22. The van der Waals surface area contributed by atoms with Crippen LogP contribution < -0.4 is 14.8 Å². The van der Waals surface area contributed by atoms with Crippen LogP contribution >= 0.6 is 0 Å². The van der Waals surface area contributed by atoms with E-state index in [0.29, 0.717) is 18.2 Å². The number of carbonyl (C=O) groups is 1. The first-order valence-electron chi connectivity index (χ1n) is 9.70. The predicted octanol–water partition coefficient (Wildman–Crippen LogP) is 3.55. The number of hydrogen-bond acceptors (Lipinski definition) is 6. The Morgan fingerprint density at radius 2 is 1.83 bits per heavy atom. The highest BCUT2D eigenvalue weighted by molar-refractivity contribution is 5.90. The lowest BCUT2D eigenvalue weighted by Gasteiger charge is -2.13. The maximum absolute atomic E-state index is 12.7. The van der Waals surface area contributed by atoms with Gasteiger partial charge >= 0.3 is 0 Å². The fourth-order valence-electron chi connectivity index (χ4n) is 2.92. The molecule has 0 atom stereocenters. The van der Waals surface area contributed by atoms with Gasteiger partial charge in [-0.2, -0.15) is 9.78 Å². The summed E-state index contributed by atoms with van der Waals surface area (Å²) >= 11 is 0. The minimum atomic E-state index is -0.187. The lowest BCUT2D eigenvalue weighted by atomic mass is 9.92.